The maximum absolute atomic E-state index is 9.53. The highest BCUT2D eigenvalue weighted by Crippen LogP contribution is 2.22. The van der Waals surface area contributed by atoms with Crippen LogP contribution in [0.1, 0.15) is 25.7 Å². The molecule has 1 saturated carbocycles. The van der Waals surface area contributed by atoms with Crippen molar-refractivity contribution in [1.29, 1.82) is 5.26 Å². The number of aliphatic hydroxyl groups excluding tert-OH is 1. The molecule has 0 spiro atoms. The van der Waals surface area contributed by atoms with E-state index in [1.54, 1.807) is 0 Å². The summed E-state index contributed by atoms with van der Waals surface area (Å²) in [7, 11) is 1.98. The smallest absolute Gasteiger partial charge is 0.0695 e. The Labute approximate surface area is 73.6 Å². The van der Waals surface area contributed by atoms with Crippen LogP contribution in [0.25, 0.3) is 0 Å². The highest BCUT2D eigenvalue weighted by Gasteiger charge is 2.27. The molecule has 0 aliphatic heterocycles. The lowest BCUT2D eigenvalue weighted by Gasteiger charge is -2.25. The van der Waals surface area contributed by atoms with Crippen molar-refractivity contribution in [2.75, 3.05) is 13.6 Å². The zero-order chi connectivity index (χ0) is 8.97. The maximum Gasteiger partial charge on any atom is 0.0695 e. The van der Waals surface area contributed by atoms with Crippen molar-refractivity contribution >= 4 is 0 Å². The van der Waals surface area contributed by atoms with Crippen LogP contribution in [0.5, 0.6) is 0 Å². The first kappa shape index (κ1) is 9.50. The number of hydrogen-bond acceptors (Lipinski definition) is 3. The topological polar surface area (TPSA) is 47.3 Å². The van der Waals surface area contributed by atoms with Gasteiger partial charge in [0.1, 0.15) is 0 Å². The molecule has 12 heavy (non-hydrogen) atoms. The van der Waals surface area contributed by atoms with Crippen molar-refractivity contribution in [3.8, 4) is 6.07 Å². The molecule has 3 nitrogen and oxygen atoms in total. The summed E-state index contributed by atoms with van der Waals surface area (Å²) in [5.41, 5.74) is 0. The van der Waals surface area contributed by atoms with Crippen molar-refractivity contribution in [2.45, 2.75) is 37.8 Å². The molecule has 0 aromatic rings. The summed E-state index contributed by atoms with van der Waals surface area (Å²) in [6.07, 6.45) is 3.49. The van der Waals surface area contributed by atoms with E-state index in [4.69, 9.17) is 5.26 Å². The van der Waals surface area contributed by atoms with Gasteiger partial charge in [-0.1, -0.05) is 0 Å². The molecule has 0 aromatic carbocycles. The lowest BCUT2D eigenvalue weighted by Crippen LogP contribution is -2.37. The highest BCUT2D eigenvalue weighted by atomic mass is 16.3. The van der Waals surface area contributed by atoms with Gasteiger partial charge in [0.05, 0.1) is 12.2 Å². The fourth-order valence-corrected chi connectivity index (χ4v) is 1.83. The predicted molar refractivity (Wildman–Crippen MR) is 46.5 cm³/mol. The van der Waals surface area contributed by atoms with Gasteiger partial charge < -0.3 is 5.11 Å². The number of nitrogens with zero attached hydrogens (tertiary/aromatic N) is 2. The molecule has 0 heterocycles. The molecule has 2 atom stereocenters. The van der Waals surface area contributed by atoms with E-state index in [0.717, 1.165) is 25.8 Å². The van der Waals surface area contributed by atoms with E-state index < -0.39 is 0 Å². The van der Waals surface area contributed by atoms with Crippen LogP contribution < -0.4 is 0 Å². The van der Waals surface area contributed by atoms with Gasteiger partial charge >= 0.3 is 0 Å². The van der Waals surface area contributed by atoms with Crippen molar-refractivity contribution in [3.05, 3.63) is 0 Å². The Morgan fingerprint density at radius 3 is 2.83 bits per heavy atom. The van der Waals surface area contributed by atoms with Crippen LogP contribution >= 0.6 is 0 Å². The van der Waals surface area contributed by atoms with E-state index in [9.17, 15) is 5.11 Å². The van der Waals surface area contributed by atoms with E-state index in [0.29, 0.717) is 12.5 Å². The molecule has 1 fully saturated rings. The first-order valence-electron chi connectivity index (χ1n) is 4.51. The van der Waals surface area contributed by atoms with Crippen molar-refractivity contribution in [3.63, 3.8) is 0 Å². The zero-order valence-corrected chi connectivity index (χ0v) is 7.53. The van der Waals surface area contributed by atoms with Gasteiger partial charge in [0.2, 0.25) is 0 Å². The second-order valence-corrected chi connectivity index (χ2v) is 3.45. The summed E-state index contributed by atoms with van der Waals surface area (Å²) >= 11 is 0. The van der Waals surface area contributed by atoms with Gasteiger partial charge in [-0.05, 0) is 26.3 Å². The van der Waals surface area contributed by atoms with Gasteiger partial charge in [0.15, 0.2) is 0 Å². The summed E-state index contributed by atoms with van der Waals surface area (Å²) in [6.45, 7) is 0.776. The third kappa shape index (κ3) is 2.20. The van der Waals surface area contributed by atoms with Crippen LogP contribution in [0.3, 0.4) is 0 Å². The highest BCUT2D eigenvalue weighted by molar-refractivity contribution is 4.85. The van der Waals surface area contributed by atoms with Crippen LogP contribution in [0.15, 0.2) is 0 Å². The average Bonchev–Trinajstić information content (AvgIpc) is 2.47. The van der Waals surface area contributed by atoms with Crippen molar-refractivity contribution in [2.24, 2.45) is 0 Å². The zero-order valence-electron chi connectivity index (χ0n) is 7.53. The molecule has 0 unspecified atom stereocenters. The van der Waals surface area contributed by atoms with Gasteiger partial charge in [-0.15, -0.1) is 0 Å². The molecule has 0 aromatic heterocycles. The lowest BCUT2D eigenvalue weighted by atomic mass is 10.2. The van der Waals surface area contributed by atoms with Gasteiger partial charge in [-0.25, -0.2) is 0 Å². The van der Waals surface area contributed by atoms with E-state index >= 15 is 0 Å². The quantitative estimate of drug-likeness (QED) is 0.676. The van der Waals surface area contributed by atoms with E-state index in [1.807, 2.05) is 7.05 Å². The fourth-order valence-electron chi connectivity index (χ4n) is 1.83. The molecular formula is C9H16N2O. The van der Waals surface area contributed by atoms with Crippen molar-refractivity contribution in [1.82, 2.24) is 4.90 Å². The predicted octanol–water partition coefficient (Wildman–Crippen LogP) is 0.745. The third-order valence-corrected chi connectivity index (χ3v) is 2.59. The van der Waals surface area contributed by atoms with E-state index in [2.05, 4.69) is 11.0 Å². The Morgan fingerprint density at radius 2 is 2.33 bits per heavy atom. The van der Waals surface area contributed by atoms with Crippen LogP contribution in [0, 0.1) is 11.3 Å². The van der Waals surface area contributed by atoms with Crippen LogP contribution in [0.2, 0.25) is 0 Å². The Hall–Kier alpha value is -0.590. The summed E-state index contributed by atoms with van der Waals surface area (Å²) in [5.74, 6) is 0. The van der Waals surface area contributed by atoms with E-state index in [1.165, 1.54) is 0 Å². The Morgan fingerprint density at radius 1 is 1.58 bits per heavy atom. The van der Waals surface area contributed by atoms with Gasteiger partial charge in [0, 0.05) is 19.0 Å². The monoisotopic (exact) mass is 168 g/mol. The molecule has 68 valence electrons. The molecule has 1 N–H and O–H groups in total. The number of nitriles is 1. The normalized spacial score (nSPS) is 29.2. The van der Waals surface area contributed by atoms with Gasteiger partial charge in [-0.3, -0.25) is 4.90 Å². The average molecular weight is 168 g/mol. The molecule has 0 saturated heterocycles. The summed E-state index contributed by atoms with van der Waals surface area (Å²) in [4.78, 5) is 2.10. The first-order chi connectivity index (χ1) is 5.75. The minimum atomic E-state index is -0.173. The minimum Gasteiger partial charge on any atom is -0.391 e. The standard InChI is InChI=1S/C9H16N2O/c1-11(7-3-6-10)8-4-2-5-9(8)12/h8-9,12H,2-5,7H2,1H3/t8-,9-/m0/s1. The summed E-state index contributed by atoms with van der Waals surface area (Å²) in [6, 6.07) is 2.40. The fraction of sp³-hybridized carbons (Fsp3) is 0.889. The first-order valence-corrected chi connectivity index (χ1v) is 4.51. The van der Waals surface area contributed by atoms with Gasteiger partial charge in [-0.2, -0.15) is 5.26 Å². The number of hydrogen-bond donors (Lipinski definition) is 1. The third-order valence-electron chi connectivity index (χ3n) is 2.59. The second kappa shape index (κ2) is 4.44. The van der Waals surface area contributed by atoms with Crippen LogP contribution in [-0.2, 0) is 0 Å². The Kier molecular flexibility index (Phi) is 3.51. The Balaban J connectivity index is 2.31. The second-order valence-electron chi connectivity index (χ2n) is 3.45. The summed E-state index contributed by atoms with van der Waals surface area (Å²) < 4.78 is 0. The number of aliphatic hydroxyl groups is 1. The molecule has 1 rings (SSSR count). The van der Waals surface area contributed by atoms with Crippen LogP contribution in [-0.4, -0.2) is 35.7 Å². The molecule has 1 aliphatic carbocycles. The lowest BCUT2D eigenvalue weighted by molar-refractivity contribution is 0.0876. The molecule has 0 bridgehead atoms. The number of rotatable bonds is 3. The SMILES string of the molecule is CN(CCC#N)[C@H]1CCC[C@@H]1O. The minimum absolute atomic E-state index is 0.173. The molecule has 3 heteroatoms. The van der Waals surface area contributed by atoms with Crippen LogP contribution in [0.4, 0.5) is 0 Å². The largest absolute Gasteiger partial charge is 0.391 e. The molecule has 1 aliphatic rings. The summed E-state index contributed by atoms with van der Waals surface area (Å²) in [5, 5.41) is 17.9. The maximum atomic E-state index is 9.53. The Bertz CT molecular complexity index is 176. The molecule has 0 radical (unpaired) electrons. The van der Waals surface area contributed by atoms with E-state index in [-0.39, 0.29) is 6.10 Å². The van der Waals surface area contributed by atoms with Crippen molar-refractivity contribution < 1.29 is 5.11 Å². The number of likely N-dealkylation sites (N-methyl/N-ethyl adjacent to an activating group) is 1. The molecular weight excluding hydrogens is 152 g/mol. The van der Waals surface area contributed by atoms with Gasteiger partial charge in [0.25, 0.3) is 0 Å². The molecule has 0 amide bonds.